The highest BCUT2D eigenvalue weighted by atomic mass is 16.7. The lowest BCUT2D eigenvalue weighted by atomic mass is 9.92. The Morgan fingerprint density at radius 3 is 2.43 bits per heavy atom. The van der Waals surface area contributed by atoms with E-state index in [2.05, 4.69) is 41.0 Å². The summed E-state index contributed by atoms with van der Waals surface area (Å²) < 4.78 is 0. The van der Waals surface area contributed by atoms with Crippen LogP contribution in [0.5, 0.6) is 0 Å². The monoisotopic (exact) mass is 385 g/mol. The Morgan fingerprint density at radius 2 is 1.75 bits per heavy atom. The molecule has 3 fully saturated rings. The molecule has 1 aromatic carbocycles. The highest BCUT2D eigenvalue weighted by Crippen LogP contribution is 2.26. The topological polar surface area (TPSA) is 36.0 Å². The summed E-state index contributed by atoms with van der Waals surface area (Å²) in [5.41, 5.74) is 2.86. The lowest BCUT2D eigenvalue weighted by molar-refractivity contribution is -0.202. The summed E-state index contributed by atoms with van der Waals surface area (Å²) in [6.07, 6.45) is 6.63. The zero-order chi connectivity index (χ0) is 19.3. The van der Waals surface area contributed by atoms with E-state index in [0.29, 0.717) is 12.6 Å². The minimum atomic E-state index is 0.162. The fourth-order valence-electron chi connectivity index (χ4n) is 4.96. The molecule has 5 heteroatoms. The molecule has 0 atom stereocenters. The Balaban J connectivity index is 1.21. The molecule has 0 saturated carbocycles. The first-order chi connectivity index (χ1) is 13.7. The SMILES string of the molecule is Cc1ccccc1CN1CCC(N2CCC(C(=O)N3CCCCO3)CC2)CC1. The van der Waals surface area contributed by atoms with Gasteiger partial charge in [0, 0.05) is 25.0 Å². The number of hydrogen-bond acceptors (Lipinski definition) is 4. The molecule has 3 heterocycles. The number of likely N-dealkylation sites (tertiary alicyclic amines) is 2. The van der Waals surface area contributed by atoms with Gasteiger partial charge in [0.1, 0.15) is 0 Å². The number of carbonyl (C=O) groups excluding carboxylic acids is 1. The standard InChI is InChI=1S/C23H35N3O2/c1-19-6-2-3-7-21(19)18-24-13-10-22(11-14-24)25-15-8-20(9-16-25)23(27)26-12-4-5-17-28-26/h2-3,6-7,20,22H,4-5,8-18H2,1H3. The number of amides is 1. The maximum Gasteiger partial charge on any atom is 0.249 e. The fourth-order valence-corrected chi connectivity index (χ4v) is 4.96. The highest BCUT2D eigenvalue weighted by Gasteiger charge is 2.33. The van der Waals surface area contributed by atoms with Gasteiger partial charge in [-0.05, 0) is 82.8 Å². The van der Waals surface area contributed by atoms with Gasteiger partial charge in [0.2, 0.25) is 5.91 Å². The number of rotatable bonds is 4. The summed E-state index contributed by atoms with van der Waals surface area (Å²) in [6, 6.07) is 9.43. The first kappa shape index (κ1) is 19.9. The first-order valence-electron chi connectivity index (χ1n) is 11.2. The Labute approximate surface area is 169 Å². The summed E-state index contributed by atoms with van der Waals surface area (Å²) in [4.78, 5) is 23.5. The molecular formula is C23H35N3O2. The Kier molecular flexibility index (Phi) is 6.65. The van der Waals surface area contributed by atoms with Crippen LogP contribution in [0, 0.1) is 12.8 Å². The van der Waals surface area contributed by atoms with Crippen LogP contribution in [0.25, 0.3) is 0 Å². The summed E-state index contributed by atoms with van der Waals surface area (Å²) in [5.74, 6) is 0.392. The van der Waals surface area contributed by atoms with Gasteiger partial charge in [0.25, 0.3) is 0 Å². The number of benzene rings is 1. The summed E-state index contributed by atoms with van der Waals surface area (Å²) >= 11 is 0. The van der Waals surface area contributed by atoms with E-state index in [-0.39, 0.29) is 11.8 Å². The van der Waals surface area contributed by atoms with Crippen LogP contribution in [0.15, 0.2) is 24.3 Å². The Bertz CT molecular complexity index is 643. The van der Waals surface area contributed by atoms with Crippen molar-refractivity contribution in [2.45, 2.75) is 58.0 Å². The quantitative estimate of drug-likeness (QED) is 0.797. The van der Waals surface area contributed by atoms with E-state index in [9.17, 15) is 4.79 Å². The van der Waals surface area contributed by atoms with Crippen molar-refractivity contribution in [1.82, 2.24) is 14.9 Å². The zero-order valence-corrected chi connectivity index (χ0v) is 17.3. The van der Waals surface area contributed by atoms with E-state index in [0.717, 1.165) is 51.9 Å². The van der Waals surface area contributed by atoms with E-state index in [1.807, 2.05) is 0 Å². The maximum absolute atomic E-state index is 12.7. The van der Waals surface area contributed by atoms with Gasteiger partial charge in [0.05, 0.1) is 6.61 Å². The smallest absolute Gasteiger partial charge is 0.249 e. The highest BCUT2D eigenvalue weighted by molar-refractivity contribution is 5.78. The molecule has 4 rings (SSSR count). The maximum atomic E-state index is 12.7. The van der Waals surface area contributed by atoms with Crippen molar-refractivity contribution >= 4 is 5.91 Å². The second-order valence-electron chi connectivity index (χ2n) is 8.72. The average Bonchev–Trinajstić information content (AvgIpc) is 2.76. The molecule has 154 valence electrons. The predicted molar refractivity (Wildman–Crippen MR) is 111 cm³/mol. The number of hydroxylamine groups is 2. The van der Waals surface area contributed by atoms with Crippen LogP contribution in [0.1, 0.15) is 49.7 Å². The van der Waals surface area contributed by atoms with Crippen molar-refractivity contribution in [3.8, 4) is 0 Å². The van der Waals surface area contributed by atoms with Gasteiger partial charge < -0.3 is 4.90 Å². The van der Waals surface area contributed by atoms with Crippen molar-refractivity contribution < 1.29 is 9.63 Å². The van der Waals surface area contributed by atoms with Crippen LogP contribution in [0.3, 0.4) is 0 Å². The molecule has 1 amide bonds. The molecule has 0 aromatic heterocycles. The van der Waals surface area contributed by atoms with Crippen molar-refractivity contribution in [3.05, 3.63) is 35.4 Å². The average molecular weight is 386 g/mol. The number of carbonyl (C=O) groups is 1. The summed E-state index contributed by atoms with van der Waals surface area (Å²) in [7, 11) is 0. The molecule has 0 aliphatic carbocycles. The van der Waals surface area contributed by atoms with Crippen LogP contribution < -0.4 is 0 Å². The van der Waals surface area contributed by atoms with Gasteiger partial charge in [-0.2, -0.15) is 0 Å². The second-order valence-corrected chi connectivity index (χ2v) is 8.72. The third-order valence-electron chi connectivity index (χ3n) is 6.86. The summed E-state index contributed by atoms with van der Waals surface area (Å²) in [5, 5.41) is 1.65. The Morgan fingerprint density at radius 1 is 1.00 bits per heavy atom. The van der Waals surface area contributed by atoms with Crippen molar-refractivity contribution in [2.24, 2.45) is 5.92 Å². The van der Waals surface area contributed by atoms with Crippen LogP contribution in [-0.2, 0) is 16.2 Å². The van der Waals surface area contributed by atoms with E-state index in [1.54, 1.807) is 5.06 Å². The van der Waals surface area contributed by atoms with Crippen LogP contribution in [0.4, 0.5) is 0 Å². The van der Waals surface area contributed by atoms with Gasteiger partial charge in [-0.25, -0.2) is 5.06 Å². The van der Waals surface area contributed by atoms with Crippen molar-refractivity contribution in [1.29, 1.82) is 0 Å². The second kappa shape index (κ2) is 9.38. The van der Waals surface area contributed by atoms with Gasteiger partial charge in [-0.1, -0.05) is 24.3 Å². The molecule has 0 unspecified atom stereocenters. The molecule has 3 aliphatic rings. The lowest BCUT2D eigenvalue weighted by Crippen LogP contribution is -2.49. The lowest BCUT2D eigenvalue weighted by Gasteiger charge is -2.42. The number of hydrogen-bond donors (Lipinski definition) is 0. The molecule has 0 spiro atoms. The molecule has 28 heavy (non-hydrogen) atoms. The predicted octanol–water partition coefficient (Wildman–Crippen LogP) is 3.23. The molecule has 1 aromatic rings. The van der Waals surface area contributed by atoms with Crippen LogP contribution in [-0.4, -0.2) is 66.1 Å². The minimum absolute atomic E-state index is 0.162. The van der Waals surface area contributed by atoms with Crippen molar-refractivity contribution in [3.63, 3.8) is 0 Å². The summed E-state index contributed by atoms with van der Waals surface area (Å²) in [6.45, 7) is 9.25. The largest absolute Gasteiger partial charge is 0.300 e. The van der Waals surface area contributed by atoms with Gasteiger partial charge in [-0.3, -0.25) is 14.5 Å². The van der Waals surface area contributed by atoms with Crippen LogP contribution >= 0.6 is 0 Å². The van der Waals surface area contributed by atoms with E-state index < -0.39 is 0 Å². The molecular weight excluding hydrogens is 350 g/mol. The Hall–Kier alpha value is -1.43. The molecule has 3 saturated heterocycles. The normalized spacial score (nSPS) is 23.8. The minimum Gasteiger partial charge on any atom is -0.300 e. The first-order valence-corrected chi connectivity index (χ1v) is 11.2. The van der Waals surface area contributed by atoms with E-state index >= 15 is 0 Å². The third kappa shape index (κ3) is 4.76. The fraction of sp³-hybridized carbons (Fsp3) is 0.696. The molecule has 3 aliphatic heterocycles. The van der Waals surface area contributed by atoms with Gasteiger partial charge in [0.15, 0.2) is 0 Å². The third-order valence-corrected chi connectivity index (χ3v) is 6.86. The molecule has 0 N–H and O–H groups in total. The molecule has 5 nitrogen and oxygen atoms in total. The van der Waals surface area contributed by atoms with Gasteiger partial charge >= 0.3 is 0 Å². The number of piperidine rings is 2. The van der Waals surface area contributed by atoms with Crippen molar-refractivity contribution in [2.75, 3.05) is 39.3 Å². The molecule has 0 bridgehead atoms. The van der Waals surface area contributed by atoms with E-state index in [1.165, 1.54) is 37.1 Å². The number of nitrogens with zero attached hydrogens (tertiary/aromatic N) is 3. The zero-order valence-electron chi connectivity index (χ0n) is 17.3. The number of aryl methyl sites for hydroxylation is 1. The van der Waals surface area contributed by atoms with E-state index in [4.69, 9.17) is 4.84 Å². The molecule has 0 radical (unpaired) electrons. The van der Waals surface area contributed by atoms with Gasteiger partial charge in [-0.15, -0.1) is 0 Å². The van der Waals surface area contributed by atoms with Crippen LogP contribution in [0.2, 0.25) is 0 Å².